The first kappa shape index (κ1) is 22.2. The summed E-state index contributed by atoms with van der Waals surface area (Å²) in [6, 6.07) is 15.6. The van der Waals surface area contributed by atoms with Crippen molar-refractivity contribution in [3.05, 3.63) is 76.6 Å². The van der Waals surface area contributed by atoms with Gasteiger partial charge >= 0.3 is 12.1 Å². The number of fused-ring (bicyclic) bond motifs is 2. The SMILES string of the molecule is CCOC(=O)COc1ccc2c(=O)c(Oc3ccc4ccccc4c3)c(C(F)(F)F)oc2c1. The smallest absolute Gasteiger partial charge is 0.453 e. The number of hydrogen-bond donors (Lipinski definition) is 0. The lowest BCUT2D eigenvalue weighted by molar-refractivity contribution is -0.154. The standard InChI is InChI=1S/C24H17F3O6/c1-2-30-20(28)13-31-16-9-10-18-19(12-16)33-23(24(25,26)27)22(21(18)29)32-17-8-7-14-5-3-4-6-15(14)11-17/h3-12H,2,13H2,1H3. The zero-order chi connectivity index (χ0) is 23.6. The molecule has 170 valence electrons. The Morgan fingerprint density at radius 2 is 1.70 bits per heavy atom. The minimum atomic E-state index is -5.00. The molecule has 0 unspecified atom stereocenters. The Balaban J connectivity index is 1.75. The van der Waals surface area contributed by atoms with Crippen LogP contribution in [0.5, 0.6) is 17.2 Å². The molecule has 0 aliphatic rings. The van der Waals surface area contributed by atoms with E-state index in [0.717, 1.165) is 16.8 Å². The molecule has 4 rings (SSSR count). The summed E-state index contributed by atoms with van der Waals surface area (Å²) in [5.41, 5.74) is -1.35. The molecule has 3 aromatic carbocycles. The van der Waals surface area contributed by atoms with Crippen molar-refractivity contribution >= 4 is 27.7 Å². The first-order chi connectivity index (χ1) is 15.8. The van der Waals surface area contributed by atoms with Crippen LogP contribution in [0.1, 0.15) is 12.7 Å². The summed E-state index contributed by atoms with van der Waals surface area (Å²) < 4.78 is 61.6. The average Bonchev–Trinajstić information content (AvgIpc) is 2.78. The number of ether oxygens (including phenoxy) is 3. The molecule has 0 saturated carbocycles. The third-order valence-electron chi connectivity index (χ3n) is 4.68. The normalized spacial score (nSPS) is 11.5. The molecule has 33 heavy (non-hydrogen) atoms. The Kier molecular flexibility index (Phi) is 5.95. The zero-order valence-corrected chi connectivity index (χ0v) is 17.3. The molecule has 0 fully saturated rings. The van der Waals surface area contributed by atoms with E-state index in [1.165, 1.54) is 24.3 Å². The number of benzene rings is 3. The van der Waals surface area contributed by atoms with Crippen LogP contribution in [-0.2, 0) is 15.7 Å². The van der Waals surface area contributed by atoms with E-state index in [9.17, 15) is 22.8 Å². The highest BCUT2D eigenvalue weighted by atomic mass is 19.4. The molecule has 0 N–H and O–H groups in total. The molecule has 6 nitrogen and oxygen atoms in total. The number of rotatable bonds is 6. The molecule has 0 radical (unpaired) electrons. The molecule has 1 heterocycles. The summed E-state index contributed by atoms with van der Waals surface area (Å²) in [5, 5.41) is 1.46. The minimum Gasteiger partial charge on any atom is -0.482 e. The second-order valence-electron chi connectivity index (χ2n) is 6.95. The van der Waals surface area contributed by atoms with Crippen LogP contribution >= 0.6 is 0 Å². The summed E-state index contributed by atoms with van der Waals surface area (Å²) in [6.07, 6.45) is -5.00. The van der Waals surface area contributed by atoms with Crippen LogP contribution in [0, 0.1) is 0 Å². The van der Waals surface area contributed by atoms with Gasteiger partial charge in [0.2, 0.25) is 11.2 Å². The van der Waals surface area contributed by atoms with E-state index in [1.807, 2.05) is 12.1 Å². The lowest BCUT2D eigenvalue weighted by Crippen LogP contribution is -2.16. The maximum atomic E-state index is 13.7. The maximum Gasteiger partial charge on any atom is 0.453 e. The molecular formula is C24H17F3O6. The van der Waals surface area contributed by atoms with Gasteiger partial charge in [-0.05, 0) is 42.0 Å². The van der Waals surface area contributed by atoms with Crippen LogP contribution in [0.4, 0.5) is 13.2 Å². The van der Waals surface area contributed by atoms with E-state index in [-0.39, 0.29) is 29.1 Å². The number of hydrogen-bond acceptors (Lipinski definition) is 6. The molecular weight excluding hydrogens is 441 g/mol. The van der Waals surface area contributed by atoms with Gasteiger partial charge in [0.1, 0.15) is 17.1 Å². The quantitative estimate of drug-likeness (QED) is 0.345. The van der Waals surface area contributed by atoms with E-state index in [0.29, 0.717) is 0 Å². The van der Waals surface area contributed by atoms with Crippen molar-refractivity contribution in [2.75, 3.05) is 13.2 Å². The first-order valence-electron chi connectivity index (χ1n) is 9.89. The van der Waals surface area contributed by atoms with E-state index < -0.39 is 35.7 Å². The van der Waals surface area contributed by atoms with Gasteiger partial charge in [-0.2, -0.15) is 13.2 Å². The fraction of sp³-hybridized carbons (Fsp3) is 0.167. The lowest BCUT2D eigenvalue weighted by Gasteiger charge is -2.14. The van der Waals surface area contributed by atoms with Crippen LogP contribution < -0.4 is 14.9 Å². The molecule has 0 atom stereocenters. The van der Waals surface area contributed by atoms with Crippen LogP contribution in [0.3, 0.4) is 0 Å². The van der Waals surface area contributed by atoms with Gasteiger partial charge in [0.25, 0.3) is 5.76 Å². The average molecular weight is 458 g/mol. The number of carbonyl (C=O) groups is 1. The molecule has 0 saturated heterocycles. The number of esters is 1. The summed E-state index contributed by atoms with van der Waals surface area (Å²) in [4.78, 5) is 24.4. The van der Waals surface area contributed by atoms with Gasteiger partial charge in [0.15, 0.2) is 6.61 Å². The van der Waals surface area contributed by atoms with Gasteiger partial charge in [-0.15, -0.1) is 0 Å². The summed E-state index contributed by atoms with van der Waals surface area (Å²) >= 11 is 0. The van der Waals surface area contributed by atoms with Crippen molar-refractivity contribution in [2.45, 2.75) is 13.1 Å². The third-order valence-corrected chi connectivity index (χ3v) is 4.68. The number of carbonyl (C=O) groups excluding carboxylic acids is 1. The fourth-order valence-corrected chi connectivity index (χ4v) is 3.22. The van der Waals surface area contributed by atoms with Gasteiger partial charge in [-0.25, -0.2) is 4.79 Å². The van der Waals surface area contributed by atoms with E-state index in [2.05, 4.69) is 0 Å². The van der Waals surface area contributed by atoms with Gasteiger partial charge in [-0.3, -0.25) is 4.79 Å². The summed E-state index contributed by atoms with van der Waals surface area (Å²) in [6.45, 7) is 1.33. The topological polar surface area (TPSA) is 75.0 Å². The minimum absolute atomic E-state index is 0.0371. The monoisotopic (exact) mass is 458 g/mol. The predicted octanol–water partition coefficient (Wildman–Crippen LogP) is 5.70. The van der Waals surface area contributed by atoms with Gasteiger partial charge in [0.05, 0.1) is 12.0 Å². The molecule has 0 bridgehead atoms. The van der Waals surface area contributed by atoms with Crippen LogP contribution in [-0.4, -0.2) is 19.2 Å². The lowest BCUT2D eigenvalue weighted by atomic mass is 10.1. The second kappa shape index (κ2) is 8.85. The zero-order valence-electron chi connectivity index (χ0n) is 17.3. The number of alkyl halides is 3. The van der Waals surface area contributed by atoms with Crippen molar-refractivity contribution in [1.29, 1.82) is 0 Å². The second-order valence-corrected chi connectivity index (χ2v) is 6.95. The fourth-order valence-electron chi connectivity index (χ4n) is 3.22. The van der Waals surface area contributed by atoms with E-state index >= 15 is 0 Å². The van der Waals surface area contributed by atoms with Crippen LogP contribution in [0.15, 0.2) is 69.9 Å². The molecule has 1 aromatic heterocycles. The molecule has 4 aromatic rings. The van der Waals surface area contributed by atoms with Crippen molar-refractivity contribution in [3.8, 4) is 17.2 Å². The Hall–Kier alpha value is -4.01. The molecule has 0 aliphatic carbocycles. The molecule has 0 spiro atoms. The van der Waals surface area contributed by atoms with E-state index in [1.54, 1.807) is 25.1 Å². The van der Waals surface area contributed by atoms with Gasteiger partial charge < -0.3 is 18.6 Å². The van der Waals surface area contributed by atoms with Crippen LogP contribution in [0.2, 0.25) is 0 Å². The highest BCUT2D eigenvalue weighted by Gasteiger charge is 2.40. The molecule has 9 heteroatoms. The Morgan fingerprint density at radius 1 is 0.970 bits per heavy atom. The summed E-state index contributed by atoms with van der Waals surface area (Å²) in [7, 11) is 0. The molecule has 0 amide bonds. The Bertz CT molecular complexity index is 1390. The predicted molar refractivity (Wildman–Crippen MR) is 114 cm³/mol. The first-order valence-corrected chi connectivity index (χ1v) is 9.89. The van der Waals surface area contributed by atoms with Crippen molar-refractivity contribution < 1.29 is 36.6 Å². The van der Waals surface area contributed by atoms with Gasteiger partial charge in [-0.1, -0.05) is 30.3 Å². The van der Waals surface area contributed by atoms with Crippen molar-refractivity contribution in [1.82, 2.24) is 0 Å². The Labute approximate surface area is 185 Å². The van der Waals surface area contributed by atoms with E-state index in [4.69, 9.17) is 18.6 Å². The number of halogens is 3. The maximum absolute atomic E-state index is 13.7. The van der Waals surface area contributed by atoms with Crippen molar-refractivity contribution in [2.24, 2.45) is 0 Å². The highest BCUT2D eigenvalue weighted by molar-refractivity contribution is 5.84. The Morgan fingerprint density at radius 3 is 2.42 bits per heavy atom. The van der Waals surface area contributed by atoms with Crippen LogP contribution in [0.25, 0.3) is 21.7 Å². The third kappa shape index (κ3) is 4.77. The largest absolute Gasteiger partial charge is 0.482 e. The van der Waals surface area contributed by atoms with Gasteiger partial charge in [0, 0.05) is 6.07 Å². The summed E-state index contributed by atoms with van der Waals surface area (Å²) in [5.74, 6) is -3.09. The molecule has 0 aliphatic heterocycles. The van der Waals surface area contributed by atoms with Crippen molar-refractivity contribution in [3.63, 3.8) is 0 Å². The highest BCUT2D eigenvalue weighted by Crippen LogP contribution is 2.39.